The van der Waals surface area contributed by atoms with Crippen molar-refractivity contribution in [3.63, 3.8) is 0 Å². The number of nitrogens with one attached hydrogen (secondary N) is 1. The highest BCUT2D eigenvalue weighted by Crippen LogP contribution is 2.18. The zero-order valence-electron chi connectivity index (χ0n) is 14.2. The van der Waals surface area contributed by atoms with Gasteiger partial charge in [-0.3, -0.25) is 4.90 Å². The summed E-state index contributed by atoms with van der Waals surface area (Å²) in [5.41, 5.74) is 6.95. The first-order valence-corrected chi connectivity index (χ1v) is 8.45. The maximum atomic E-state index is 5.94. The molecule has 0 amide bonds. The number of benzene rings is 1. The lowest BCUT2D eigenvalue weighted by molar-refractivity contribution is 0.0376. The number of nitrogens with zero attached hydrogens (tertiary/aromatic N) is 2. The molecule has 1 aromatic rings. The number of nitrogens with two attached hydrogens (primary N) is 1. The van der Waals surface area contributed by atoms with Gasteiger partial charge in [-0.1, -0.05) is 30.9 Å². The van der Waals surface area contributed by atoms with E-state index in [1.807, 2.05) is 24.3 Å². The first-order chi connectivity index (χ1) is 11.8. The summed E-state index contributed by atoms with van der Waals surface area (Å²) in [4.78, 5) is 6.80. The third-order valence-corrected chi connectivity index (χ3v) is 3.81. The summed E-state index contributed by atoms with van der Waals surface area (Å²) in [6.07, 6.45) is 2.76. The molecule has 0 aliphatic carbocycles. The predicted octanol–water partition coefficient (Wildman–Crippen LogP) is 1.38. The molecule has 1 heterocycles. The predicted molar refractivity (Wildman–Crippen MR) is 97.3 cm³/mol. The van der Waals surface area contributed by atoms with E-state index in [1.165, 1.54) is 0 Å². The zero-order valence-corrected chi connectivity index (χ0v) is 14.2. The van der Waals surface area contributed by atoms with E-state index >= 15 is 0 Å². The summed E-state index contributed by atoms with van der Waals surface area (Å²) < 4.78 is 11.0. The number of rotatable bonds is 9. The van der Waals surface area contributed by atoms with Crippen molar-refractivity contribution in [3.8, 4) is 5.75 Å². The third kappa shape index (κ3) is 6.60. The molecule has 0 radical (unpaired) electrons. The van der Waals surface area contributed by atoms with Gasteiger partial charge in [0.15, 0.2) is 5.96 Å². The molecule has 0 atom stereocenters. The first kappa shape index (κ1) is 18.3. The molecule has 0 unspecified atom stereocenters. The van der Waals surface area contributed by atoms with Crippen molar-refractivity contribution >= 4 is 5.96 Å². The quantitative estimate of drug-likeness (QED) is 0.309. The van der Waals surface area contributed by atoms with Crippen molar-refractivity contribution in [3.05, 3.63) is 42.5 Å². The maximum absolute atomic E-state index is 5.94. The van der Waals surface area contributed by atoms with Crippen LogP contribution in [0.2, 0.25) is 0 Å². The molecule has 1 aromatic carbocycles. The normalized spacial score (nSPS) is 15.9. The minimum Gasteiger partial charge on any atom is -0.489 e. The topological polar surface area (TPSA) is 72.1 Å². The van der Waals surface area contributed by atoms with Crippen LogP contribution in [0.4, 0.5) is 0 Å². The lowest BCUT2D eigenvalue weighted by Gasteiger charge is -2.26. The average Bonchev–Trinajstić information content (AvgIpc) is 2.63. The number of morpholine rings is 1. The Balaban J connectivity index is 1.70. The Morgan fingerprint density at radius 3 is 2.96 bits per heavy atom. The number of ether oxygens (including phenoxy) is 2. The molecule has 0 aromatic heterocycles. The van der Waals surface area contributed by atoms with Gasteiger partial charge in [-0.25, -0.2) is 4.99 Å². The van der Waals surface area contributed by atoms with Crippen molar-refractivity contribution in [2.45, 2.75) is 13.0 Å². The summed E-state index contributed by atoms with van der Waals surface area (Å²) in [5, 5.41) is 3.17. The second-order valence-electron chi connectivity index (χ2n) is 5.64. The van der Waals surface area contributed by atoms with E-state index in [-0.39, 0.29) is 0 Å². The number of para-hydroxylation sites is 1. The molecule has 3 N–H and O–H groups in total. The largest absolute Gasteiger partial charge is 0.489 e. The smallest absolute Gasteiger partial charge is 0.188 e. The Morgan fingerprint density at radius 1 is 1.38 bits per heavy atom. The molecule has 6 heteroatoms. The van der Waals surface area contributed by atoms with E-state index in [1.54, 1.807) is 6.08 Å². The fraction of sp³-hybridized carbons (Fsp3) is 0.500. The molecule has 132 valence electrons. The van der Waals surface area contributed by atoms with Crippen LogP contribution in [0.25, 0.3) is 0 Å². The van der Waals surface area contributed by atoms with Gasteiger partial charge in [0.25, 0.3) is 0 Å². The van der Waals surface area contributed by atoms with E-state index in [0.717, 1.165) is 57.1 Å². The van der Waals surface area contributed by atoms with Crippen LogP contribution in [-0.2, 0) is 11.3 Å². The van der Waals surface area contributed by atoms with Crippen LogP contribution in [0.15, 0.2) is 41.9 Å². The van der Waals surface area contributed by atoms with Crippen molar-refractivity contribution in [2.75, 3.05) is 46.0 Å². The Morgan fingerprint density at radius 2 is 2.17 bits per heavy atom. The minimum atomic E-state index is 0.468. The van der Waals surface area contributed by atoms with Crippen molar-refractivity contribution < 1.29 is 9.47 Å². The molecule has 0 saturated carbocycles. The van der Waals surface area contributed by atoms with Gasteiger partial charge in [-0.2, -0.15) is 0 Å². The molecule has 1 saturated heterocycles. The number of hydrogen-bond acceptors (Lipinski definition) is 4. The van der Waals surface area contributed by atoms with Gasteiger partial charge in [0, 0.05) is 25.2 Å². The summed E-state index contributed by atoms with van der Waals surface area (Å²) in [7, 11) is 0. The highest BCUT2D eigenvalue weighted by atomic mass is 16.5. The molecule has 0 bridgehead atoms. The van der Waals surface area contributed by atoms with Gasteiger partial charge in [-0.15, -0.1) is 0 Å². The summed E-state index contributed by atoms with van der Waals surface area (Å²) in [5.74, 6) is 1.29. The third-order valence-electron chi connectivity index (χ3n) is 3.81. The van der Waals surface area contributed by atoms with Gasteiger partial charge in [0.1, 0.15) is 12.4 Å². The monoisotopic (exact) mass is 332 g/mol. The van der Waals surface area contributed by atoms with Gasteiger partial charge in [0.2, 0.25) is 0 Å². The van der Waals surface area contributed by atoms with Crippen molar-refractivity contribution in [1.82, 2.24) is 10.2 Å². The Kier molecular flexibility index (Phi) is 8.13. The van der Waals surface area contributed by atoms with Crippen molar-refractivity contribution in [1.29, 1.82) is 0 Å². The van der Waals surface area contributed by atoms with Gasteiger partial charge >= 0.3 is 0 Å². The summed E-state index contributed by atoms with van der Waals surface area (Å²) >= 11 is 0. The zero-order chi connectivity index (χ0) is 17.0. The SMILES string of the molecule is C=CCOc1ccccc1CN=C(N)NCCCN1CCOCC1. The van der Waals surface area contributed by atoms with Crippen LogP contribution >= 0.6 is 0 Å². The molecule has 6 nitrogen and oxygen atoms in total. The number of hydrogen-bond donors (Lipinski definition) is 2. The van der Waals surface area contributed by atoms with Crippen LogP contribution in [0.3, 0.4) is 0 Å². The fourth-order valence-electron chi connectivity index (χ4n) is 2.49. The standard InChI is InChI=1S/C18H28N4O2/c1-2-12-24-17-7-4-3-6-16(17)15-21-18(19)20-8-5-9-22-10-13-23-14-11-22/h2-4,6-7H,1,5,8-15H2,(H3,19,20,21). The van der Waals surface area contributed by atoms with E-state index < -0.39 is 0 Å². The Hall–Kier alpha value is -2.05. The summed E-state index contributed by atoms with van der Waals surface area (Å²) in [6.45, 7) is 10.2. The van der Waals surface area contributed by atoms with Crippen LogP contribution in [0.5, 0.6) is 5.75 Å². The molecule has 2 rings (SSSR count). The van der Waals surface area contributed by atoms with E-state index in [4.69, 9.17) is 15.2 Å². The number of guanidine groups is 1. The second kappa shape index (κ2) is 10.7. The van der Waals surface area contributed by atoms with Crippen LogP contribution < -0.4 is 15.8 Å². The van der Waals surface area contributed by atoms with E-state index in [0.29, 0.717) is 19.1 Å². The summed E-state index contributed by atoms with van der Waals surface area (Å²) in [6, 6.07) is 7.84. The average molecular weight is 332 g/mol. The lowest BCUT2D eigenvalue weighted by Crippen LogP contribution is -2.39. The maximum Gasteiger partial charge on any atom is 0.188 e. The molecule has 1 fully saturated rings. The van der Waals surface area contributed by atoms with Gasteiger partial charge in [-0.05, 0) is 19.0 Å². The Labute approximate surface area is 144 Å². The second-order valence-corrected chi connectivity index (χ2v) is 5.64. The molecule has 1 aliphatic heterocycles. The highest BCUT2D eigenvalue weighted by Gasteiger charge is 2.09. The number of aliphatic imine (C=N–C) groups is 1. The van der Waals surface area contributed by atoms with E-state index in [2.05, 4.69) is 21.8 Å². The first-order valence-electron chi connectivity index (χ1n) is 8.45. The molecular weight excluding hydrogens is 304 g/mol. The van der Waals surface area contributed by atoms with Gasteiger partial charge in [0.05, 0.1) is 19.8 Å². The molecule has 1 aliphatic rings. The van der Waals surface area contributed by atoms with Crippen molar-refractivity contribution in [2.24, 2.45) is 10.7 Å². The van der Waals surface area contributed by atoms with Crippen LogP contribution in [-0.4, -0.2) is 56.9 Å². The van der Waals surface area contributed by atoms with Gasteiger partial charge < -0.3 is 20.5 Å². The molecular formula is C18H28N4O2. The lowest BCUT2D eigenvalue weighted by atomic mass is 10.2. The van der Waals surface area contributed by atoms with Crippen LogP contribution in [0, 0.1) is 0 Å². The van der Waals surface area contributed by atoms with Crippen LogP contribution in [0.1, 0.15) is 12.0 Å². The minimum absolute atomic E-state index is 0.468. The fourth-order valence-corrected chi connectivity index (χ4v) is 2.49. The molecule has 24 heavy (non-hydrogen) atoms. The van der Waals surface area contributed by atoms with E-state index in [9.17, 15) is 0 Å². The Bertz CT molecular complexity index is 528. The highest BCUT2D eigenvalue weighted by molar-refractivity contribution is 5.77. The molecule has 0 spiro atoms.